The molecule has 1 amide bonds. The number of carbonyl (C=O) groups excluding carboxylic acids is 2. The summed E-state index contributed by atoms with van der Waals surface area (Å²) in [5.41, 5.74) is 5.77. The lowest BCUT2D eigenvalue weighted by atomic mass is 9.99. The van der Waals surface area contributed by atoms with Gasteiger partial charge in [0.05, 0.1) is 21.7 Å². The number of amides is 1. The molecule has 0 saturated carbocycles. The van der Waals surface area contributed by atoms with E-state index in [-0.39, 0.29) is 16.9 Å². The molecule has 3 aromatic carbocycles. The van der Waals surface area contributed by atoms with Crippen LogP contribution in [0.5, 0.6) is 0 Å². The summed E-state index contributed by atoms with van der Waals surface area (Å²) in [5, 5.41) is 14.5. The normalized spacial score (nSPS) is 10.8. The average Bonchev–Trinajstić information content (AvgIpc) is 2.84. The number of aromatic nitrogens is 1. The van der Waals surface area contributed by atoms with Crippen LogP contribution >= 0.6 is 0 Å². The second-order valence-electron chi connectivity index (χ2n) is 8.67. The molecular formula is C28H25N3O5. The monoisotopic (exact) mass is 483 g/mol. The zero-order chi connectivity index (χ0) is 26.0. The largest absolute Gasteiger partial charge is 0.452 e. The number of nitrogens with zero attached hydrogens (tertiary/aromatic N) is 2. The first-order valence-corrected chi connectivity index (χ1v) is 11.3. The second kappa shape index (κ2) is 9.95. The van der Waals surface area contributed by atoms with Crippen LogP contribution in [0.15, 0.2) is 60.7 Å². The first-order valence-electron chi connectivity index (χ1n) is 11.3. The molecule has 0 aliphatic carbocycles. The number of aryl methyl sites for hydroxylation is 3. The highest BCUT2D eigenvalue weighted by Gasteiger charge is 2.21. The number of nitro groups is 1. The average molecular weight is 484 g/mol. The van der Waals surface area contributed by atoms with Crippen LogP contribution < -0.4 is 5.32 Å². The molecular weight excluding hydrogens is 458 g/mol. The van der Waals surface area contributed by atoms with Crippen LogP contribution in [0.2, 0.25) is 0 Å². The summed E-state index contributed by atoms with van der Waals surface area (Å²) in [6.07, 6.45) is 0. The summed E-state index contributed by atoms with van der Waals surface area (Å²) in [4.78, 5) is 41.2. The van der Waals surface area contributed by atoms with Crippen molar-refractivity contribution in [3.05, 3.63) is 98.6 Å². The molecule has 8 heteroatoms. The predicted octanol–water partition coefficient (Wildman–Crippen LogP) is 5.84. The number of esters is 1. The summed E-state index contributed by atoms with van der Waals surface area (Å²) in [5.74, 6) is -1.36. The summed E-state index contributed by atoms with van der Waals surface area (Å²) in [7, 11) is 0. The minimum atomic E-state index is -0.690. The van der Waals surface area contributed by atoms with Crippen LogP contribution in [0.25, 0.3) is 22.2 Å². The Labute approximate surface area is 208 Å². The summed E-state index contributed by atoms with van der Waals surface area (Å²) in [6, 6.07) is 17.8. The number of hydrogen-bond acceptors (Lipinski definition) is 6. The third kappa shape index (κ3) is 4.93. The highest BCUT2D eigenvalue weighted by molar-refractivity contribution is 6.05. The maximum Gasteiger partial charge on any atom is 0.339 e. The number of nitrogens with one attached hydrogen (secondary N) is 1. The van der Waals surface area contributed by atoms with Gasteiger partial charge in [-0.2, -0.15) is 0 Å². The molecule has 182 valence electrons. The van der Waals surface area contributed by atoms with Gasteiger partial charge in [-0.15, -0.1) is 0 Å². The van der Waals surface area contributed by atoms with Gasteiger partial charge in [-0.1, -0.05) is 48.0 Å². The molecule has 0 aliphatic rings. The van der Waals surface area contributed by atoms with Crippen molar-refractivity contribution in [2.45, 2.75) is 27.7 Å². The third-order valence-corrected chi connectivity index (χ3v) is 6.10. The highest BCUT2D eigenvalue weighted by atomic mass is 16.6. The second-order valence-corrected chi connectivity index (χ2v) is 8.67. The van der Waals surface area contributed by atoms with Gasteiger partial charge in [-0.25, -0.2) is 9.78 Å². The Morgan fingerprint density at radius 2 is 1.72 bits per heavy atom. The highest BCUT2D eigenvalue weighted by Crippen LogP contribution is 2.31. The van der Waals surface area contributed by atoms with E-state index in [0.717, 1.165) is 22.3 Å². The van der Waals surface area contributed by atoms with Crippen LogP contribution in [-0.4, -0.2) is 28.4 Å². The van der Waals surface area contributed by atoms with E-state index in [1.165, 1.54) is 6.07 Å². The van der Waals surface area contributed by atoms with Crippen molar-refractivity contribution in [1.82, 2.24) is 4.98 Å². The van der Waals surface area contributed by atoms with Crippen LogP contribution in [-0.2, 0) is 9.53 Å². The van der Waals surface area contributed by atoms with E-state index in [9.17, 15) is 19.7 Å². The summed E-state index contributed by atoms with van der Waals surface area (Å²) >= 11 is 0. The number of benzene rings is 3. The lowest BCUT2D eigenvalue weighted by molar-refractivity contribution is -0.384. The fourth-order valence-corrected chi connectivity index (χ4v) is 4.08. The molecule has 0 unspecified atom stereocenters. The smallest absolute Gasteiger partial charge is 0.339 e. The molecule has 4 rings (SSSR count). The summed E-state index contributed by atoms with van der Waals surface area (Å²) in [6.45, 7) is 6.86. The van der Waals surface area contributed by atoms with E-state index in [1.807, 2.05) is 44.2 Å². The molecule has 1 N–H and O–H groups in total. The molecule has 0 aliphatic heterocycles. The van der Waals surface area contributed by atoms with Gasteiger partial charge >= 0.3 is 5.97 Å². The van der Waals surface area contributed by atoms with Crippen molar-refractivity contribution >= 4 is 34.2 Å². The number of fused-ring (bicyclic) bond motifs is 1. The zero-order valence-electron chi connectivity index (χ0n) is 20.4. The van der Waals surface area contributed by atoms with Crippen LogP contribution in [0.3, 0.4) is 0 Å². The molecule has 1 heterocycles. The molecule has 4 aromatic rings. The fraction of sp³-hybridized carbons (Fsp3) is 0.179. The molecule has 0 atom stereocenters. The zero-order valence-corrected chi connectivity index (χ0v) is 20.4. The quantitative estimate of drug-likeness (QED) is 0.210. The van der Waals surface area contributed by atoms with Gasteiger partial charge in [0.15, 0.2) is 6.61 Å². The van der Waals surface area contributed by atoms with Crippen molar-refractivity contribution in [1.29, 1.82) is 0 Å². The molecule has 8 nitrogen and oxygen atoms in total. The van der Waals surface area contributed by atoms with Crippen molar-refractivity contribution < 1.29 is 19.2 Å². The Morgan fingerprint density at radius 3 is 2.44 bits per heavy atom. The van der Waals surface area contributed by atoms with Gasteiger partial charge in [0, 0.05) is 17.0 Å². The molecule has 0 fully saturated rings. The number of carbonyl (C=O) groups is 2. The molecule has 0 spiro atoms. The Morgan fingerprint density at radius 1 is 0.972 bits per heavy atom. The minimum absolute atomic E-state index is 0.0903. The van der Waals surface area contributed by atoms with Gasteiger partial charge in [-0.05, 0) is 56.5 Å². The number of anilines is 1. The predicted molar refractivity (Wildman–Crippen MR) is 138 cm³/mol. The van der Waals surface area contributed by atoms with Gasteiger partial charge in [0.2, 0.25) is 0 Å². The van der Waals surface area contributed by atoms with E-state index < -0.39 is 23.4 Å². The van der Waals surface area contributed by atoms with Crippen LogP contribution in [0.1, 0.15) is 32.6 Å². The number of rotatable bonds is 6. The van der Waals surface area contributed by atoms with Crippen molar-refractivity contribution in [3.8, 4) is 11.3 Å². The molecule has 0 radical (unpaired) electrons. The van der Waals surface area contributed by atoms with Gasteiger partial charge in [-0.3, -0.25) is 14.9 Å². The van der Waals surface area contributed by atoms with Crippen LogP contribution in [0, 0.1) is 37.8 Å². The first kappa shape index (κ1) is 24.5. The SMILES string of the molecule is Cc1ccc(-c2cc(C(=O)OCC(=O)Nc3c([N+](=O)[O-])ccc(C)c3C)c3ccccc3n2)c(C)c1. The summed E-state index contributed by atoms with van der Waals surface area (Å²) < 4.78 is 5.33. The van der Waals surface area contributed by atoms with E-state index in [1.54, 1.807) is 38.1 Å². The number of nitro benzene ring substituents is 1. The molecule has 1 aromatic heterocycles. The van der Waals surface area contributed by atoms with Gasteiger partial charge < -0.3 is 10.1 Å². The lowest BCUT2D eigenvalue weighted by Crippen LogP contribution is -2.22. The minimum Gasteiger partial charge on any atom is -0.452 e. The number of para-hydroxylation sites is 1. The Balaban J connectivity index is 1.60. The van der Waals surface area contributed by atoms with E-state index in [0.29, 0.717) is 22.2 Å². The molecule has 0 bridgehead atoms. The fourth-order valence-electron chi connectivity index (χ4n) is 4.08. The number of pyridine rings is 1. The van der Waals surface area contributed by atoms with Crippen LogP contribution in [0.4, 0.5) is 11.4 Å². The molecule has 36 heavy (non-hydrogen) atoms. The molecule has 0 saturated heterocycles. The van der Waals surface area contributed by atoms with Crippen molar-refractivity contribution in [2.75, 3.05) is 11.9 Å². The maximum absolute atomic E-state index is 13.1. The van der Waals surface area contributed by atoms with Gasteiger partial charge in [0.25, 0.3) is 11.6 Å². The third-order valence-electron chi connectivity index (χ3n) is 6.10. The number of hydrogen-bond donors (Lipinski definition) is 1. The Kier molecular flexibility index (Phi) is 6.78. The first-order chi connectivity index (χ1) is 17.2. The van der Waals surface area contributed by atoms with Crippen molar-refractivity contribution in [3.63, 3.8) is 0 Å². The topological polar surface area (TPSA) is 111 Å². The van der Waals surface area contributed by atoms with Crippen molar-refractivity contribution in [2.24, 2.45) is 0 Å². The van der Waals surface area contributed by atoms with Gasteiger partial charge in [0.1, 0.15) is 5.69 Å². The van der Waals surface area contributed by atoms with E-state index in [2.05, 4.69) is 5.32 Å². The number of ether oxygens (including phenoxy) is 1. The lowest BCUT2D eigenvalue weighted by Gasteiger charge is -2.13. The standard InChI is InChI=1S/C28H25N3O5/c1-16-9-11-20(18(3)13-16)24-14-22(21-7-5-6-8-23(21)29-24)28(33)36-15-26(32)30-27-19(4)17(2)10-12-25(27)31(34)35/h5-14H,15H2,1-4H3,(H,30,32). The maximum atomic E-state index is 13.1. The van der Waals surface area contributed by atoms with E-state index >= 15 is 0 Å². The van der Waals surface area contributed by atoms with E-state index in [4.69, 9.17) is 9.72 Å². The Bertz CT molecular complexity index is 1530. The Hall–Kier alpha value is -4.59.